The Morgan fingerprint density at radius 3 is 2.71 bits per heavy atom. The highest BCUT2D eigenvalue weighted by Crippen LogP contribution is 2.09. The normalized spacial score (nSPS) is 10.0. The zero-order valence-electron chi connectivity index (χ0n) is 9.14. The van der Waals surface area contributed by atoms with Crippen LogP contribution in [0.1, 0.15) is 16.1 Å². The van der Waals surface area contributed by atoms with Crippen molar-refractivity contribution >= 4 is 11.6 Å². The van der Waals surface area contributed by atoms with E-state index in [1.807, 2.05) is 6.92 Å². The van der Waals surface area contributed by atoms with Crippen LogP contribution in [-0.2, 0) is 0 Å². The zero-order chi connectivity index (χ0) is 12.3. The maximum absolute atomic E-state index is 12.8. The number of nitrogens with zero attached hydrogens (tertiary/aromatic N) is 2. The summed E-state index contributed by atoms with van der Waals surface area (Å²) in [4.78, 5) is 19.2. The quantitative estimate of drug-likeness (QED) is 0.806. The monoisotopic (exact) mass is 231 g/mol. The van der Waals surface area contributed by atoms with Gasteiger partial charge in [0.15, 0.2) is 0 Å². The number of aryl methyl sites for hydroxylation is 1. The van der Waals surface area contributed by atoms with Crippen molar-refractivity contribution < 1.29 is 9.18 Å². The van der Waals surface area contributed by atoms with Crippen molar-refractivity contribution in [2.75, 3.05) is 5.32 Å². The lowest BCUT2D eigenvalue weighted by Crippen LogP contribution is -2.12. The molecule has 0 atom stereocenters. The number of aromatic nitrogens is 2. The topological polar surface area (TPSA) is 54.9 Å². The molecule has 0 fully saturated rings. The Morgan fingerprint density at radius 2 is 2.00 bits per heavy atom. The number of carbonyl (C=O) groups is 1. The average Bonchev–Trinajstić information content (AvgIpc) is 2.29. The van der Waals surface area contributed by atoms with Crippen molar-refractivity contribution in [2.45, 2.75) is 6.92 Å². The van der Waals surface area contributed by atoms with Crippen LogP contribution < -0.4 is 5.32 Å². The molecule has 0 aliphatic rings. The molecule has 0 aliphatic carbocycles. The minimum Gasteiger partial charge on any atom is -0.322 e. The van der Waals surface area contributed by atoms with Gasteiger partial charge < -0.3 is 5.32 Å². The molecule has 2 aromatic rings. The largest absolute Gasteiger partial charge is 0.322 e. The van der Waals surface area contributed by atoms with Crippen LogP contribution in [0.3, 0.4) is 0 Å². The van der Waals surface area contributed by atoms with E-state index in [1.165, 1.54) is 12.3 Å². The number of anilines is 1. The Hall–Kier alpha value is -2.30. The zero-order valence-corrected chi connectivity index (χ0v) is 9.14. The fourth-order valence-electron chi connectivity index (χ4n) is 1.37. The van der Waals surface area contributed by atoms with Crippen molar-refractivity contribution in [1.82, 2.24) is 9.97 Å². The summed E-state index contributed by atoms with van der Waals surface area (Å²) >= 11 is 0. The van der Waals surface area contributed by atoms with Crippen LogP contribution in [0.15, 0.2) is 36.7 Å². The van der Waals surface area contributed by atoms with E-state index in [9.17, 15) is 9.18 Å². The first-order valence-electron chi connectivity index (χ1n) is 5.01. The van der Waals surface area contributed by atoms with Crippen LogP contribution in [0.2, 0.25) is 0 Å². The van der Waals surface area contributed by atoms with Crippen LogP contribution in [0.4, 0.5) is 10.1 Å². The third-order valence-electron chi connectivity index (χ3n) is 2.14. The van der Waals surface area contributed by atoms with E-state index in [4.69, 9.17) is 0 Å². The number of amides is 1. The average molecular weight is 231 g/mol. The van der Waals surface area contributed by atoms with Crippen LogP contribution in [-0.4, -0.2) is 15.9 Å². The molecule has 0 bridgehead atoms. The van der Waals surface area contributed by atoms with Crippen molar-refractivity contribution in [2.24, 2.45) is 0 Å². The van der Waals surface area contributed by atoms with E-state index in [2.05, 4.69) is 15.3 Å². The Balaban J connectivity index is 2.17. The molecule has 1 N–H and O–H groups in total. The van der Waals surface area contributed by atoms with Gasteiger partial charge in [-0.3, -0.25) is 9.78 Å². The predicted octanol–water partition coefficient (Wildman–Crippen LogP) is 2.18. The molecule has 2 heterocycles. The van der Waals surface area contributed by atoms with E-state index >= 15 is 0 Å². The summed E-state index contributed by atoms with van der Waals surface area (Å²) in [6.07, 6.45) is 2.85. The van der Waals surface area contributed by atoms with Gasteiger partial charge in [-0.15, -0.1) is 0 Å². The third-order valence-corrected chi connectivity index (χ3v) is 2.14. The first-order valence-corrected chi connectivity index (χ1v) is 5.01. The number of carbonyl (C=O) groups excluding carboxylic acids is 1. The van der Waals surface area contributed by atoms with Crippen LogP contribution in [0.5, 0.6) is 0 Å². The number of pyridine rings is 2. The van der Waals surface area contributed by atoms with Gasteiger partial charge in [0.1, 0.15) is 0 Å². The molecule has 0 radical (unpaired) electrons. The van der Waals surface area contributed by atoms with Crippen molar-refractivity contribution in [3.05, 3.63) is 53.9 Å². The van der Waals surface area contributed by atoms with Crippen molar-refractivity contribution in [1.29, 1.82) is 0 Å². The first-order chi connectivity index (χ1) is 8.15. The molecule has 86 valence electrons. The molecule has 0 saturated heterocycles. The molecule has 2 rings (SSSR count). The van der Waals surface area contributed by atoms with E-state index in [1.54, 1.807) is 18.3 Å². The van der Waals surface area contributed by atoms with Crippen LogP contribution >= 0.6 is 0 Å². The summed E-state index contributed by atoms with van der Waals surface area (Å²) in [6, 6.07) is 5.94. The molecule has 0 unspecified atom stereocenters. The minimum atomic E-state index is -0.677. The lowest BCUT2D eigenvalue weighted by molar-refractivity contribution is 0.102. The molecule has 0 spiro atoms. The number of nitrogens with one attached hydrogen (secondary N) is 1. The summed E-state index contributed by atoms with van der Waals surface area (Å²) in [5, 5.41) is 2.65. The molecule has 4 nitrogen and oxygen atoms in total. The number of hydrogen-bond donors (Lipinski definition) is 1. The Morgan fingerprint density at radius 1 is 1.24 bits per heavy atom. The summed E-state index contributed by atoms with van der Waals surface area (Å²) in [5.74, 6) is -1.06. The molecule has 5 heteroatoms. The summed E-state index contributed by atoms with van der Waals surface area (Å²) < 4.78 is 12.8. The SMILES string of the molecule is Cc1cc(NC(=O)c2ccnc(F)c2)ccn1. The molecule has 2 aromatic heterocycles. The second-order valence-corrected chi connectivity index (χ2v) is 3.51. The van der Waals surface area contributed by atoms with Gasteiger partial charge in [0.2, 0.25) is 5.95 Å². The Labute approximate surface area is 97.5 Å². The molecular formula is C12H10FN3O. The molecular weight excluding hydrogens is 221 g/mol. The molecule has 0 aliphatic heterocycles. The summed E-state index contributed by atoms with van der Waals surface area (Å²) in [6.45, 7) is 1.82. The maximum Gasteiger partial charge on any atom is 0.255 e. The van der Waals surface area contributed by atoms with E-state index in [0.717, 1.165) is 11.8 Å². The van der Waals surface area contributed by atoms with Gasteiger partial charge >= 0.3 is 0 Å². The van der Waals surface area contributed by atoms with Crippen molar-refractivity contribution in [3.63, 3.8) is 0 Å². The van der Waals surface area contributed by atoms with E-state index < -0.39 is 5.95 Å². The van der Waals surface area contributed by atoms with E-state index in [0.29, 0.717) is 5.69 Å². The van der Waals surface area contributed by atoms with Crippen LogP contribution in [0, 0.1) is 12.9 Å². The first kappa shape index (κ1) is 11.2. The molecule has 1 amide bonds. The molecule has 17 heavy (non-hydrogen) atoms. The Kier molecular flexibility index (Phi) is 3.09. The number of rotatable bonds is 2. The number of hydrogen-bond acceptors (Lipinski definition) is 3. The number of halogens is 1. The Bertz CT molecular complexity index is 557. The molecule has 0 aromatic carbocycles. The highest BCUT2D eigenvalue weighted by Gasteiger charge is 2.07. The lowest BCUT2D eigenvalue weighted by atomic mass is 10.2. The van der Waals surface area contributed by atoms with Crippen LogP contribution in [0.25, 0.3) is 0 Å². The van der Waals surface area contributed by atoms with Crippen molar-refractivity contribution in [3.8, 4) is 0 Å². The highest BCUT2D eigenvalue weighted by molar-refractivity contribution is 6.04. The fourth-order valence-corrected chi connectivity index (χ4v) is 1.37. The second-order valence-electron chi connectivity index (χ2n) is 3.51. The van der Waals surface area contributed by atoms with Gasteiger partial charge in [0.05, 0.1) is 0 Å². The third kappa shape index (κ3) is 2.84. The van der Waals surface area contributed by atoms with Gasteiger partial charge in [0, 0.05) is 35.4 Å². The lowest BCUT2D eigenvalue weighted by Gasteiger charge is -2.05. The smallest absolute Gasteiger partial charge is 0.255 e. The minimum absolute atomic E-state index is 0.229. The summed E-state index contributed by atoms with van der Waals surface area (Å²) in [5.41, 5.74) is 1.65. The molecule has 0 saturated carbocycles. The fraction of sp³-hybridized carbons (Fsp3) is 0.0833. The standard InChI is InChI=1S/C12H10FN3O/c1-8-6-10(3-5-14-8)16-12(17)9-2-4-15-11(13)7-9/h2-7H,1H3,(H,14,16,17). The van der Waals surface area contributed by atoms with Gasteiger partial charge in [-0.1, -0.05) is 0 Å². The second kappa shape index (κ2) is 4.69. The maximum atomic E-state index is 12.8. The predicted molar refractivity (Wildman–Crippen MR) is 61.1 cm³/mol. The van der Waals surface area contributed by atoms with Gasteiger partial charge in [-0.25, -0.2) is 4.98 Å². The van der Waals surface area contributed by atoms with E-state index in [-0.39, 0.29) is 11.5 Å². The summed E-state index contributed by atoms with van der Waals surface area (Å²) in [7, 11) is 0. The highest BCUT2D eigenvalue weighted by atomic mass is 19.1. The van der Waals surface area contributed by atoms with Gasteiger partial charge in [-0.05, 0) is 25.1 Å². The van der Waals surface area contributed by atoms with Gasteiger partial charge in [-0.2, -0.15) is 4.39 Å². The van der Waals surface area contributed by atoms with Gasteiger partial charge in [0.25, 0.3) is 5.91 Å².